The molecule has 0 saturated carbocycles. The number of benzene rings is 1. The summed E-state index contributed by atoms with van der Waals surface area (Å²) >= 11 is 0. The summed E-state index contributed by atoms with van der Waals surface area (Å²) in [5.74, 6) is -0.214. The van der Waals surface area contributed by atoms with Crippen LogP contribution in [0.2, 0.25) is 0 Å². The van der Waals surface area contributed by atoms with Crippen LogP contribution in [0.25, 0.3) is 0 Å². The summed E-state index contributed by atoms with van der Waals surface area (Å²) in [6.45, 7) is 3.48. The third-order valence-corrected chi connectivity index (χ3v) is 3.64. The lowest BCUT2D eigenvalue weighted by atomic mass is 10.0. The van der Waals surface area contributed by atoms with E-state index in [0.29, 0.717) is 11.3 Å². The van der Waals surface area contributed by atoms with Gasteiger partial charge in [-0.3, -0.25) is 0 Å². The number of aliphatic hydroxyl groups is 1. The Hall–Kier alpha value is -1.09. The Labute approximate surface area is 108 Å². The Morgan fingerprint density at radius 1 is 1.11 bits per heavy atom. The van der Waals surface area contributed by atoms with Crippen molar-refractivity contribution in [1.82, 2.24) is 0 Å². The van der Waals surface area contributed by atoms with Gasteiger partial charge in [0.2, 0.25) is 0 Å². The van der Waals surface area contributed by atoms with Crippen LogP contribution in [0, 0.1) is 5.82 Å². The van der Waals surface area contributed by atoms with Gasteiger partial charge in [-0.05, 0) is 25.8 Å². The summed E-state index contributed by atoms with van der Waals surface area (Å²) in [5, 5.41) is 9.79. The van der Waals surface area contributed by atoms with Crippen LogP contribution in [0.15, 0.2) is 18.2 Å². The highest BCUT2D eigenvalue weighted by Gasteiger charge is 2.19. The Kier molecular flexibility index (Phi) is 4.59. The number of hydrogen-bond donors (Lipinski definition) is 1. The molecule has 0 aliphatic carbocycles. The summed E-state index contributed by atoms with van der Waals surface area (Å²) in [4.78, 5) is 2.11. The maximum Gasteiger partial charge on any atom is 0.146 e. The minimum absolute atomic E-state index is 0.214. The minimum Gasteiger partial charge on any atom is -0.389 e. The van der Waals surface area contributed by atoms with Gasteiger partial charge >= 0.3 is 0 Å². The van der Waals surface area contributed by atoms with E-state index in [-0.39, 0.29) is 5.82 Å². The first-order chi connectivity index (χ1) is 8.70. The number of para-hydroxylation sites is 1. The van der Waals surface area contributed by atoms with Crippen molar-refractivity contribution in [2.75, 3.05) is 18.0 Å². The van der Waals surface area contributed by atoms with Gasteiger partial charge in [0.15, 0.2) is 0 Å². The van der Waals surface area contributed by atoms with Crippen molar-refractivity contribution in [3.05, 3.63) is 29.6 Å². The summed E-state index contributed by atoms with van der Waals surface area (Å²) < 4.78 is 14.1. The fraction of sp³-hybridized carbons (Fsp3) is 0.600. The standard InChI is InChI=1S/C15H22FNO/c1-12(18)13-8-7-9-14(16)15(13)17-10-5-3-2-4-6-11-17/h7-9,12,18H,2-6,10-11H2,1H3. The summed E-state index contributed by atoms with van der Waals surface area (Å²) in [6, 6.07) is 4.98. The van der Waals surface area contributed by atoms with Gasteiger partial charge < -0.3 is 10.0 Å². The van der Waals surface area contributed by atoms with Crippen LogP contribution in [-0.2, 0) is 0 Å². The molecule has 0 radical (unpaired) electrons. The predicted molar refractivity (Wildman–Crippen MR) is 72.3 cm³/mol. The number of rotatable bonds is 2. The lowest BCUT2D eigenvalue weighted by Crippen LogP contribution is -2.29. The van der Waals surface area contributed by atoms with Crippen LogP contribution in [0.1, 0.15) is 50.7 Å². The first kappa shape index (κ1) is 13.3. The maximum absolute atomic E-state index is 14.1. The molecule has 0 bridgehead atoms. The molecule has 1 N–H and O–H groups in total. The highest BCUT2D eigenvalue weighted by molar-refractivity contribution is 5.55. The first-order valence-electron chi connectivity index (χ1n) is 6.91. The van der Waals surface area contributed by atoms with Gasteiger partial charge in [0.05, 0.1) is 11.8 Å². The molecule has 1 aliphatic rings. The minimum atomic E-state index is -0.624. The van der Waals surface area contributed by atoms with Crippen molar-refractivity contribution >= 4 is 5.69 Å². The molecule has 18 heavy (non-hydrogen) atoms. The molecular weight excluding hydrogens is 229 g/mol. The quantitative estimate of drug-likeness (QED) is 0.867. The topological polar surface area (TPSA) is 23.5 Å². The number of anilines is 1. The van der Waals surface area contributed by atoms with Gasteiger partial charge in [-0.2, -0.15) is 0 Å². The molecular formula is C15H22FNO. The van der Waals surface area contributed by atoms with E-state index in [4.69, 9.17) is 0 Å². The van der Waals surface area contributed by atoms with Crippen molar-refractivity contribution in [3.8, 4) is 0 Å². The zero-order valence-electron chi connectivity index (χ0n) is 11.0. The first-order valence-corrected chi connectivity index (χ1v) is 6.91. The molecule has 1 aromatic rings. The molecule has 0 aromatic heterocycles. The van der Waals surface area contributed by atoms with Crippen LogP contribution < -0.4 is 4.90 Å². The van der Waals surface area contributed by atoms with Gasteiger partial charge in [-0.15, -0.1) is 0 Å². The summed E-state index contributed by atoms with van der Waals surface area (Å²) in [7, 11) is 0. The molecule has 2 nitrogen and oxygen atoms in total. The van der Waals surface area contributed by atoms with Crippen molar-refractivity contribution in [2.45, 2.75) is 45.1 Å². The maximum atomic E-state index is 14.1. The fourth-order valence-corrected chi connectivity index (χ4v) is 2.67. The van der Waals surface area contributed by atoms with Gasteiger partial charge in [0.1, 0.15) is 5.82 Å². The number of halogens is 1. The van der Waals surface area contributed by atoms with Crippen LogP contribution in [0.3, 0.4) is 0 Å². The lowest BCUT2D eigenvalue weighted by Gasteiger charge is -2.29. The molecule has 0 amide bonds. The Morgan fingerprint density at radius 3 is 2.33 bits per heavy atom. The molecule has 1 saturated heterocycles. The van der Waals surface area contributed by atoms with Gasteiger partial charge in [0.25, 0.3) is 0 Å². The SMILES string of the molecule is CC(O)c1cccc(F)c1N1CCCCCCC1. The summed E-state index contributed by atoms with van der Waals surface area (Å²) in [5.41, 5.74) is 1.31. The third-order valence-electron chi connectivity index (χ3n) is 3.64. The second-order valence-electron chi connectivity index (χ2n) is 5.11. The average molecular weight is 251 g/mol. The Bertz CT molecular complexity index is 384. The van der Waals surface area contributed by atoms with Crippen molar-refractivity contribution < 1.29 is 9.50 Å². The zero-order chi connectivity index (χ0) is 13.0. The molecule has 2 rings (SSSR count). The third kappa shape index (κ3) is 3.02. The second kappa shape index (κ2) is 6.19. The molecule has 3 heteroatoms. The number of aliphatic hydroxyl groups excluding tert-OH is 1. The van der Waals surface area contributed by atoms with Crippen molar-refractivity contribution in [2.24, 2.45) is 0 Å². The van der Waals surface area contributed by atoms with E-state index in [2.05, 4.69) is 4.90 Å². The zero-order valence-corrected chi connectivity index (χ0v) is 11.0. The molecule has 1 atom stereocenters. The molecule has 1 fully saturated rings. The number of hydrogen-bond acceptors (Lipinski definition) is 2. The van der Waals surface area contributed by atoms with Gasteiger partial charge in [0, 0.05) is 18.7 Å². The molecule has 100 valence electrons. The van der Waals surface area contributed by atoms with E-state index in [9.17, 15) is 9.50 Å². The Balaban J connectivity index is 2.29. The van der Waals surface area contributed by atoms with E-state index in [1.54, 1.807) is 13.0 Å². The van der Waals surface area contributed by atoms with Crippen LogP contribution in [-0.4, -0.2) is 18.2 Å². The van der Waals surface area contributed by atoms with E-state index in [1.807, 2.05) is 6.07 Å². The number of nitrogens with zero attached hydrogens (tertiary/aromatic N) is 1. The van der Waals surface area contributed by atoms with Crippen LogP contribution in [0.5, 0.6) is 0 Å². The van der Waals surface area contributed by atoms with Gasteiger partial charge in [-0.25, -0.2) is 4.39 Å². The highest BCUT2D eigenvalue weighted by atomic mass is 19.1. The van der Waals surface area contributed by atoms with E-state index < -0.39 is 6.10 Å². The largest absolute Gasteiger partial charge is 0.389 e. The highest BCUT2D eigenvalue weighted by Crippen LogP contribution is 2.30. The molecule has 1 unspecified atom stereocenters. The van der Waals surface area contributed by atoms with Crippen LogP contribution in [0.4, 0.5) is 10.1 Å². The van der Waals surface area contributed by atoms with Crippen molar-refractivity contribution in [1.29, 1.82) is 0 Å². The van der Waals surface area contributed by atoms with Crippen molar-refractivity contribution in [3.63, 3.8) is 0 Å². The van der Waals surface area contributed by atoms with Gasteiger partial charge in [-0.1, -0.05) is 31.4 Å². The van der Waals surface area contributed by atoms with E-state index in [1.165, 1.54) is 25.3 Å². The molecule has 1 aromatic carbocycles. The predicted octanol–water partition coefficient (Wildman–Crippen LogP) is 3.65. The summed E-state index contributed by atoms with van der Waals surface area (Å²) in [6.07, 6.45) is 5.31. The molecule has 1 aliphatic heterocycles. The Morgan fingerprint density at radius 2 is 1.72 bits per heavy atom. The monoisotopic (exact) mass is 251 g/mol. The normalized spacial score (nSPS) is 19.2. The smallest absolute Gasteiger partial charge is 0.146 e. The average Bonchev–Trinajstić information content (AvgIpc) is 2.29. The lowest BCUT2D eigenvalue weighted by molar-refractivity contribution is 0.199. The fourth-order valence-electron chi connectivity index (χ4n) is 2.67. The molecule has 1 heterocycles. The van der Waals surface area contributed by atoms with Crippen LogP contribution >= 0.6 is 0 Å². The molecule has 0 spiro atoms. The second-order valence-corrected chi connectivity index (χ2v) is 5.11. The van der Waals surface area contributed by atoms with E-state index in [0.717, 1.165) is 25.9 Å². The van der Waals surface area contributed by atoms with E-state index >= 15 is 0 Å².